The van der Waals surface area contributed by atoms with Crippen LogP contribution in [0, 0.1) is 0 Å². The molecular formula is C17H25F3O2. The molecule has 0 saturated carbocycles. The number of methoxy groups -OCH3 is 1. The van der Waals surface area contributed by atoms with E-state index in [2.05, 4.69) is 0 Å². The van der Waals surface area contributed by atoms with Gasteiger partial charge in [0.2, 0.25) is 0 Å². The van der Waals surface area contributed by atoms with Crippen LogP contribution in [0.2, 0.25) is 0 Å². The van der Waals surface area contributed by atoms with Crippen molar-refractivity contribution in [1.82, 2.24) is 0 Å². The third kappa shape index (κ3) is 5.20. The van der Waals surface area contributed by atoms with Gasteiger partial charge in [-0.25, -0.2) is 4.39 Å². The minimum Gasteiger partial charge on any atom is -0.496 e. The third-order valence-corrected chi connectivity index (χ3v) is 3.79. The molecule has 1 unspecified atom stereocenters. The van der Waals surface area contributed by atoms with Gasteiger partial charge in [-0.3, -0.25) is 0 Å². The van der Waals surface area contributed by atoms with Crippen molar-refractivity contribution < 1.29 is 22.6 Å². The van der Waals surface area contributed by atoms with E-state index in [0.29, 0.717) is 0 Å². The number of ether oxygens (including phenoxy) is 2. The van der Waals surface area contributed by atoms with Gasteiger partial charge < -0.3 is 9.47 Å². The van der Waals surface area contributed by atoms with E-state index in [-0.39, 0.29) is 17.2 Å². The van der Waals surface area contributed by atoms with E-state index in [4.69, 9.17) is 9.47 Å². The molecule has 0 N–H and O–H groups in total. The highest BCUT2D eigenvalue weighted by Crippen LogP contribution is 2.37. The van der Waals surface area contributed by atoms with Crippen molar-refractivity contribution in [2.75, 3.05) is 27.0 Å². The molecule has 0 amide bonds. The zero-order valence-corrected chi connectivity index (χ0v) is 13.5. The van der Waals surface area contributed by atoms with Crippen LogP contribution >= 0.6 is 0 Å². The number of rotatable bonds is 5. The summed E-state index contributed by atoms with van der Waals surface area (Å²) in [6.07, 6.45) is 3.40. The summed E-state index contributed by atoms with van der Waals surface area (Å²) in [5.41, 5.74) is 0.400. The maximum atomic E-state index is 13.4. The molecule has 5 heteroatoms. The zero-order chi connectivity index (χ0) is 16.6. The number of benzene rings is 1. The van der Waals surface area contributed by atoms with Gasteiger partial charge in [-0.05, 0) is 42.9 Å². The summed E-state index contributed by atoms with van der Waals surface area (Å²) in [5.74, 6) is -3.30. The van der Waals surface area contributed by atoms with E-state index in [9.17, 15) is 13.2 Å². The summed E-state index contributed by atoms with van der Waals surface area (Å²) in [7, 11) is 1.30. The lowest BCUT2D eigenvalue weighted by Crippen LogP contribution is -2.17. The smallest absolute Gasteiger partial charge is 0.304 e. The molecule has 0 spiro atoms. The van der Waals surface area contributed by atoms with Crippen molar-refractivity contribution in [3.8, 4) is 5.75 Å². The molecule has 1 fully saturated rings. The van der Waals surface area contributed by atoms with Gasteiger partial charge >= 0.3 is 5.92 Å². The van der Waals surface area contributed by atoms with Gasteiger partial charge in [0, 0.05) is 13.2 Å². The van der Waals surface area contributed by atoms with E-state index in [1.54, 1.807) is 6.07 Å². The predicted octanol–water partition coefficient (Wildman–Crippen LogP) is 5.07. The minimum absolute atomic E-state index is 0.0275. The lowest BCUT2D eigenvalue weighted by molar-refractivity contribution is -0.0300. The standard InChI is InChI=1S/C13H17F3O.C4H8O/c1-4-9(2)10-5-6-12(17-3)11(7-10)13(15,16)8-14;1-2-4-5-3-1/h5-7,9H,4,8H2,1-3H3;1-4H2. The largest absolute Gasteiger partial charge is 0.496 e. The van der Waals surface area contributed by atoms with E-state index in [0.717, 1.165) is 25.2 Å². The molecule has 126 valence electrons. The molecule has 1 aliphatic rings. The fraction of sp³-hybridized carbons (Fsp3) is 0.647. The summed E-state index contributed by atoms with van der Waals surface area (Å²) >= 11 is 0. The number of halogens is 3. The molecular weight excluding hydrogens is 293 g/mol. The van der Waals surface area contributed by atoms with Crippen LogP contribution in [0.15, 0.2) is 18.2 Å². The van der Waals surface area contributed by atoms with Crippen LogP contribution in [0.5, 0.6) is 5.75 Å². The average molecular weight is 318 g/mol. The van der Waals surface area contributed by atoms with Crippen molar-refractivity contribution in [3.05, 3.63) is 29.3 Å². The molecule has 0 aliphatic carbocycles. The van der Waals surface area contributed by atoms with Gasteiger partial charge in [0.25, 0.3) is 0 Å². The van der Waals surface area contributed by atoms with Crippen molar-refractivity contribution in [3.63, 3.8) is 0 Å². The van der Waals surface area contributed by atoms with Crippen LogP contribution in [0.25, 0.3) is 0 Å². The first-order valence-electron chi connectivity index (χ1n) is 7.66. The van der Waals surface area contributed by atoms with Gasteiger partial charge in [-0.15, -0.1) is 0 Å². The zero-order valence-electron chi connectivity index (χ0n) is 13.5. The van der Waals surface area contributed by atoms with Gasteiger partial charge in [0.05, 0.1) is 12.7 Å². The Kier molecular flexibility index (Phi) is 7.73. The Morgan fingerprint density at radius 2 is 1.91 bits per heavy atom. The van der Waals surface area contributed by atoms with E-state index in [1.165, 1.54) is 32.1 Å². The Hall–Kier alpha value is -1.23. The third-order valence-electron chi connectivity index (χ3n) is 3.79. The van der Waals surface area contributed by atoms with E-state index in [1.807, 2.05) is 13.8 Å². The predicted molar refractivity (Wildman–Crippen MR) is 81.6 cm³/mol. The van der Waals surface area contributed by atoms with Gasteiger partial charge in [0.15, 0.2) is 6.67 Å². The Morgan fingerprint density at radius 3 is 2.32 bits per heavy atom. The second-order valence-corrected chi connectivity index (χ2v) is 5.43. The van der Waals surface area contributed by atoms with Crippen LogP contribution in [0.3, 0.4) is 0 Å². The molecule has 1 saturated heterocycles. The first-order chi connectivity index (χ1) is 10.5. The lowest BCUT2D eigenvalue weighted by atomic mass is 9.95. The quantitative estimate of drug-likeness (QED) is 0.755. The molecule has 22 heavy (non-hydrogen) atoms. The van der Waals surface area contributed by atoms with Crippen LogP contribution in [-0.2, 0) is 10.7 Å². The van der Waals surface area contributed by atoms with Crippen LogP contribution in [0.4, 0.5) is 13.2 Å². The first-order valence-corrected chi connectivity index (χ1v) is 7.66. The monoisotopic (exact) mass is 318 g/mol. The maximum absolute atomic E-state index is 13.4. The molecule has 0 aromatic heterocycles. The second kappa shape index (κ2) is 9.03. The molecule has 2 rings (SSSR count). The van der Waals surface area contributed by atoms with Crippen molar-refractivity contribution in [1.29, 1.82) is 0 Å². The molecule has 1 aromatic rings. The highest BCUT2D eigenvalue weighted by Gasteiger charge is 2.35. The van der Waals surface area contributed by atoms with Crippen LogP contribution in [-0.4, -0.2) is 27.0 Å². The Labute approximate surface area is 130 Å². The molecule has 1 aliphatic heterocycles. The summed E-state index contributed by atoms with van der Waals surface area (Å²) in [6, 6.07) is 4.55. The van der Waals surface area contributed by atoms with Crippen molar-refractivity contribution in [2.24, 2.45) is 0 Å². The molecule has 2 nitrogen and oxygen atoms in total. The topological polar surface area (TPSA) is 18.5 Å². The lowest BCUT2D eigenvalue weighted by Gasteiger charge is -2.19. The molecule has 1 aromatic carbocycles. The molecule has 0 radical (unpaired) electrons. The van der Waals surface area contributed by atoms with Crippen LogP contribution in [0.1, 0.15) is 50.2 Å². The van der Waals surface area contributed by atoms with Crippen molar-refractivity contribution in [2.45, 2.75) is 45.0 Å². The summed E-state index contributed by atoms with van der Waals surface area (Å²) < 4.78 is 49.0. The van der Waals surface area contributed by atoms with Gasteiger partial charge in [-0.1, -0.05) is 19.9 Å². The van der Waals surface area contributed by atoms with Gasteiger partial charge in [-0.2, -0.15) is 8.78 Å². The highest BCUT2D eigenvalue weighted by atomic mass is 19.3. The molecule has 0 bridgehead atoms. The minimum atomic E-state index is -3.49. The fourth-order valence-corrected chi connectivity index (χ4v) is 2.14. The maximum Gasteiger partial charge on any atom is 0.304 e. The molecule has 1 heterocycles. The van der Waals surface area contributed by atoms with Crippen LogP contribution < -0.4 is 4.74 Å². The highest BCUT2D eigenvalue weighted by molar-refractivity contribution is 5.41. The normalized spacial score (nSPS) is 15.9. The fourth-order valence-electron chi connectivity index (χ4n) is 2.14. The summed E-state index contributed by atoms with van der Waals surface area (Å²) in [5, 5.41) is 0. The summed E-state index contributed by atoms with van der Waals surface area (Å²) in [4.78, 5) is 0. The number of hydrogen-bond donors (Lipinski definition) is 0. The van der Waals surface area contributed by atoms with Gasteiger partial charge in [0.1, 0.15) is 5.75 Å². The SMILES string of the molecule is C1CCOC1.CCC(C)c1ccc(OC)c(C(F)(F)CF)c1. The molecule has 1 atom stereocenters. The number of alkyl halides is 3. The van der Waals surface area contributed by atoms with Crippen molar-refractivity contribution >= 4 is 0 Å². The first kappa shape index (κ1) is 18.8. The average Bonchev–Trinajstić information content (AvgIpc) is 3.13. The van der Waals surface area contributed by atoms with E-state index < -0.39 is 12.6 Å². The Morgan fingerprint density at radius 1 is 1.27 bits per heavy atom. The Balaban J connectivity index is 0.000000406. The number of hydrogen-bond acceptors (Lipinski definition) is 2. The summed E-state index contributed by atoms with van der Waals surface area (Å²) in [6.45, 7) is 4.20. The second-order valence-electron chi connectivity index (χ2n) is 5.43. The van der Waals surface area contributed by atoms with E-state index >= 15 is 0 Å². The Bertz CT molecular complexity index is 438.